The van der Waals surface area contributed by atoms with Gasteiger partial charge in [-0.1, -0.05) is 25.6 Å². The molecule has 0 amide bonds. The Kier molecular flexibility index (Phi) is 11.5. The van der Waals surface area contributed by atoms with Crippen LogP contribution in [-0.2, 0) is 32.7 Å². The first kappa shape index (κ1) is 20.2. The van der Waals surface area contributed by atoms with Gasteiger partial charge < -0.3 is 18.2 Å². The number of nitrogens with one attached hydrogen (secondary N) is 2. The Labute approximate surface area is 140 Å². The van der Waals surface area contributed by atoms with Gasteiger partial charge in [0.25, 0.3) is 0 Å². The zero-order valence-electron chi connectivity index (χ0n) is 11.5. The van der Waals surface area contributed by atoms with Gasteiger partial charge in [-0.25, -0.2) is 17.1 Å². The predicted octanol–water partition coefficient (Wildman–Crippen LogP) is 2.05. The van der Waals surface area contributed by atoms with Gasteiger partial charge in [0.15, 0.2) is 0 Å². The molecule has 0 aromatic rings. The van der Waals surface area contributed by atoms with E-state index in [-0.39, 0.29) is 46.0 Å². The molecule has 0 unspecified atom stereocenters. The second-order valence-electron chi connectivity index (χ2n) is 3.03. The molecule has 0 aliphatic carbocycles. The summed E-state index contributed by atoms with van der Waals surface area (Å²) in [6, 6.07) is 2.02. The van der Waals surface area contributed by atoms with Crippen molar-refractivity contribution in [2.75, 3.05) is 6.54 Å². The second kappa shape index (κ2) is 10.8. The molecule has 0 spiro atoms. The summed E-state index contributed by atoms with van der Waals surface area (Å²) in [5.74, 6) is 0.673. The summed E-state index contributed by atoms with van der Waals surface area (Å²) in [7, 11) is 0. The van der Waals surface area contributed by atoms with Crippen molar-refractivity contribution >= 4 is 17.8 Å². The molecular weight excluding hydrogens is 315 g/mol. The van der Waals surface area contributed by atoms with Gasteiger partial charge in [0.05, 0.1) is 11.7 Å². The minimum absolute atomic E-state index is 0. The first-order valence-corrected chi connectivity index (χ1v) is 5.48. The maximum atomic E-state index is 8.73. The molecule has 0 saturated carbocycles. The SMILES string of the molecule is CC.N#CC1=N/C(=C2/C=[C-]C=NC2=N)NCC1.[CH3-].[Y]. The number of aliphatic imine (C=N–C) groups is 2. The molecule has 0 saturated heterocycles. The van der Waals surface area contributed by atoms with Crippen molar-refractivity contribution < 1.29 is 32.7 Å². The van der Waals surface area contributed by atoms with Gasteiger partial charge in [0.2, 0.25) is 0 Å². The fourth-order valence-corrected chi connectivity index (χ4v) is 1.31. The molecular formula is C13H17N5Y-2. The molecule has 2 aliphatic rings. The van der Waals surface area contributed by atoms with Crippen molar-refractivity contribution in [3.05, 3.63) is 31.0 Å². The zero-order valence-corrected chi connectivity index (χ0v) is 14.3. The summed E-state index contributed by atoms with van der Waals surface area (Å²) < 4.78 is 0. The number of hydrogen-bond acceptors (Lipinski definition) is 4. The summed E-state index contributed by atoms with van der Waals surface area (Å²) in [5.41, 5.74) is 1.05. The molecule has 2 N–H and O–H groups in total. The van der Waals surface area contributed by atoms with Crippen molar-refractivity contribution in [1.82, 2.24) is 5.32 Å². The van der Waals surface area contributed by atoms with Crippen molar-refractivity contribution in [3.8, 4) is 6.07 Å². The summed E-state index contributed by atoms with van der Waals surface area (Å²) in [6.07, 6.45) is 6.49. The summed E-state index contributed by atoms with van der Waals surface area (Å²) in [6.45, 7) is 4.66. The molecule has 0 atom stereocenters. The van der Waals surface area contributed by atoms with Crippen LogP contribution in [0.15, 0.2) is 27.5 Å². The van der Waals surface area contributed by atoms with Gasteiger partial charge >= 0.3 is 0 Å². The molecule has 6 heteroatoms. The molecule has 0 aromatic heterocycles. The van der Waals surface area contributed by atoms with Crippen LogP contribution in [-0.4, -0.2) is 24.3 Å². The standard InChI is InChI=1S/C10H8N5.C2H6.CH3.Y/c11-6-7-3-5-14-10(15-7)8-2-1-4-13-9(8)12;1-2;;/h2,4,12,14H,3,5H2;1-2H3;1H3;/q-1;;-1;/b10-8-,12-9?;;;. The Morgan fingerprint density at radius 3 is 2.74 bits per heavy atom. The third-order valence-corrected chi connectivity index (χ3v) is 2.04. The van der Waals surface area contributed by atoms with Crippen molar-refractivity contribution in [2.24, 2.45) is 9.98 Å². The van der Waals surface area contributed by atoms with E-state index < -0.39 is 0 Å². The third kappa shape index (κ3) is 5.58. The molecule has 2 heterocycles. The molecule has 19 heavy (non-hydrogen) atoms. The molecule has 0 fully saturated rings. The minimum atomic E-state index is 0. The van der Waals surface area contributed by atoms with Crippen molar-refractivity contribution in [2.45, 2.75) is 20.3 Å². The van der Waals surface area contributed by atoms with E-state index in [0.29, 0.717) is 30.1 Å². The van der Waals surface area contributed by atoms with Gasteiger partial charge in [-0.2, -0.15) is 5.26 Å². The van der Waals surface area contributed by atoms with Gasteiger partial charge in [0.1, 0.15) is 11.8 Å². The van der Waals surface area contributed by atoms with Gasteiger partial charge in [0, 0.05) is 45.7 Å². The maximum absolute atomic E-state index is 8.73. The number of nitrogens with zero attached hydrogens (tertiary/aromatic N) is 3. The van der Waals surface area contributed by atoms with Crippen LogP contribution in [0.3, 0.4) is 0 Å². The fourth-order valence-electron chi connectivity index (χ4n) is 1.31. The smallest absolute Gasteiger partial charge is 0.120 e. The number of nitriles is 1. The van der Waals surface area contributed by atoms with Crippen LogP contribution < -0.4 is 5.32 Å². The van der Waals surface area contributed by atoms with E-state index in [1.54, 1.807) is 6.08 Å². The molecule has 2 rings (SSSR count). The molecule has 2 aliphatic heterocycles. The van der Waals surface area contributed by atoms with E-state index in [4.69, 9.17) is 10.7 Å². The Bertz CT molecular complexity index is 466. The Morgan fingerprint density at radius 1 is 1.47 bits per heavy atom. The average Bonchev–Trinajstić information content (AvgIpc) is 2.42. The van der Waals surface area contributed by atoms with Gasteiger partial charge in [-0.15, -0.1) is 0 Å². The Morgan fingerprint density at radius 2 is 2.16 bits per heavy atom. The quantitative estimate of drug-likeness (QED) is 0.666. The maximum Gasteiger partial charge on any atom is 0.120 e. The number of amidine groups is 1. The molecule has 99 valence electrons. The fraction of sp³-hybridized carbons (Fsp3) is 0.308. The normalized spacial score (nSPS) is 19.6. The predicted molar refractivity (Wildman–Crippen MR) is 74.5 cm³/mol. The summed E-state index contributed by atoms with van der Waals surface area (Å²) >= 11 is 0. The molecule has 0 bridgehead atoms. The first-order chi connectivity index (χ1) is 8.31. The molecule has 1 radical (unpaired) electrons. The zero-order chi connectivity index (χ0) is 12.7. The Hall–Kier alpha value is -1.12. The monoisotopic (exact) mass is 332 g/mol. The number of rotatable bonds is 0. The van der Waals surface area contributed by atoms with E-state index in [9.17, 15) is 0 Å². The van der Waals surface area contributed by atoms with Gasteiger partial charge in [-0.05, 0) is 0 Å². The second-order valence-corrected chi connectivity index (χ2v) is 3.03. The van der Waals surface area contributed by atoms with Crippen LogP contribution in [0.4, 0.5) is 0 Å². The van der Waals surface area contributed by atoms with Crippen LogP contribution in [0, 0.1) is 30.2 Å². The first-order valence-electron chi connectivity index (χ1n) is 5.48. The van der Waals surface area contributed by atoms with E-state index in [1.807, 2.05) is 19.9 Å². The Balaban J connectivity index is 0. The number of allylic oxidation sites excluding steroid dienone is 1. The molecule has 5 nitrogen and oxygen atoms in total. The van der Waals surface area contributed by atoms with Crippen LogP contribution >= 0.6 is 0 Å². The largest absolute Gasteiger partial charge is 0.384 e. The molecule has 0 aromatic carbocycles. The van der Waals surface area contributed by atoms with Crippen LogP contribution in [0.25, 0.3) is 0 Å². The van der Waals surface area contributed by atoms with Crippen molar-refractivity contribution in [1.29, 1.82) is 10.7 Å². The minimum Gasteiger partial charge on any atom is -0.384 e. The van der Waals surface area contributed by atoms with Crippen molar-refractivity contribution in [3.63, 3.8) is 0 Å². The summed E-state index contributed by atoms with van der Waals surface area (Å²) in [4.78, 5) is 7.92. The van der Waals surface area contributed by atoms with E-state index in [1.165, 1.54) is 6.21 Å². The van der Waals surface area contributed by atoms with E-state index >= 15 is 0 Å². The van der Waals surface area contributed by atoms with E-state index in [2.05, 4.69) is 21.4 Å². The van der Waals surface area contributed by atoms with E-state index in [0.717, 1.165) is 0 Å². The average molecular weight is 332 g/mol. The number of dihydropyridines is 1. The van der Waals surface area contributed by atoms with Crippen LogP contribution in [0.2, 0.25) is 0 Å². The van der Waals surface area contributed by atoms with Gasteiger partial charge in [-0.3, -0.25) is 4.99 Å². The van der Waals surface area contributed by atoms with Crippen LogP contribution in [0.5, 0.6) is 0 Å². The number of hydrogen-bond donors (Lipinski definition) is 2. The topological polar surface area (TPSA) is 84.4 Å². The summed E-state index contributed by atoms with van der Waals surface area (Å²) in [5, 5.41) is 19.4. The van der Waals surface area contributed by atoms with Crippen LogP contribution in [0.1, 0.15) is 20.3 Å². The third-order valence-electron chi connectivity index (χ3n) is 2.04.